The summed E-state index contributed by atoms with van der Waals surface area (Å²) in [6.07, 6.45) is 2.02. The summed E-state index contributed by atoms with van der Waals surface area (Å²) in [7, 11) is -3.69. The number of aryl methyl sites for hydroxylation is 1. The molecule has 1 aromatic heterocycles. The molecule has 1 aliphatic rings. The minimum Gasteiger partial charge on any atom is -0.339 e. The molecule has 1 fully saturated rings. The van der Waals surface area contributed by atoms with Gasteiger partial charge in [0.05, 0.1) is 11.3 Å². The Kier molecular flexibility index (Phi) is 4.64. The maximum Gasteiger partial charge on any atom is 0.271 e. The van der Waals surface area contributed by atoms with Crippen LogP contribution in [0.15, 0.2) is 33.9 Å². The van der Waals surface area contributed by atoms with E-state index in [-0.39, 0.29) is 10.1 Å². The van der Waals surface area contributed by atoms with Crippen molar-refractivity contribution in [2.75, 3.05) is 17.8 Å². The Bertz CT molecular complexity index is 866. The molecule has 1 amide bonds. The van der Waals surface area contributed by atoms with Crippen molar-refractivity contribution in [3.8, 4) is 0 Å². The number of carbonyl (C=O) groups excluding carboxylic acids is 1. The highest BCUT2D eigenvalue weighted by atomic mass is 32.2. The third kappa shape index (κ3) is 3.32. The van der Waals surface area contributed by atoms with Crippen molar-refractivity contribution in [2.45, 2.75) is 30.9 Å². The van der Waals surface area contributed by atoms with Crippen LogP contribution in [0.1, 0.15) is 34.3 Å². The van der Waals surface area contributed by atoms with Crippen molar-refractivity contribution in [2.24, 2.45) is 0 Å². The molecule has 2 aromatic rings. The normalized spacial score (nSPS) is 14.8. The second-order valence-corrected chi connectivity index (χ2v) is 8.83. The fourth-order valence-corrected chi connectivity index (χ4v) is 5.01. The van der Waals surface area contributed by atoms with Crippen molar-refractivity contribution < 1.29 is 13.2 Å². The van der Waals surface area contributed by atoms with E-state index in [1.165, 1.54) is 6.07 Å². The van der Waals surface area contributed by atoms with E-state index in [4.69, 9.17) is 0 Å². The standard InChI is InChI=1S/C17H20N2O3S2/c1-12-6-5-7-15(13(12)2)18-24(21,22)16-10-14(11-23-16)17(20)19-8-3-4-9-19/h5-7,10-11,18H,3-4,8-9H2,1-2H3. The maximum atomic E-state index is 12.6. The van der Waals surface area contributed by atoms with Gasteiger partial charge in [0.2, 0.25) is 0 Å². The lowest BCUT2D eigenvalue weighted by Gasteiger charge is -2.13. The fourth-order valence-electron chi connectivity index (χ4n) is 2.73. The first-order chi connectivity index (χ1) is 11.4. The van der Waals surface area contributed by atoms with Crippen LogP contribution in [-0.2, 0) is 10.0 Å². The molecule has 0 atom stereocenters. The van der Waals surface area contributed by atoms with Gasteiger partial charge >= 0.3 is 0 Å². The van der Waals surface area contributed by atoms with Crippen LogP contribution >= 0.6 is 11.3 Å². The Balaban J connectivity index is 1.83. The number of amides is 1. The van der Waals surface area contributed by atoms with E-state index in [0.29, 0.717) is 11.3 Å². The van der Waals surface area contributed by atoms with Crippen molar-refractivity contribution in [1.29, 1.82) is 0 Å². The predicted octanol–water partition coefficient (Wildman–Crippen LogP) is 3.40. The number of likely N-dealkylation sites (tertiary alicyclic amines) is 1. The molecular formula is C17H20N2O3S2. The number of benzene rings is 1. The molecule has 5 nitrogen and oxygen atoms in total. The smallest absolute Gasteiger partial charge is 0.271 e. The van der Waals surface area contributed by atoms with E-state index in [1.54, 1.807) is 16.3 Å². The number of anilines is 1. The second kappa shape index (κ2) is 6.57. The molecule has 0 unspecified atom stereocenters. The van der Waals surface area contributed by atoms with E-state index in [2.05, 4.69) is 4.72 Å². The minimum absolute atomic E-state index is 0.0862. The summed E-state index contributed by atoms with van der Waals surface area (Å²) in [5, 5.41) is 1.62. The van der Waals surface area contributed by atoms with Crippen LogP contribution in [0.4, 0.5) is 5.69 Å². The highest BCUT2D eigenvalue weighted by molar-refractivity contribution is 7.94. The summed E-state index contributed by atoms with van der Waals surface area (Å²) in [5.41, 5.74) is 2.93. The van der Waals surface area contributed by atoms with Crippen LogP contribution in [0, 0.1) is 13.8 Å². The van der Waals surface area contributed by atoms with E-state index in [9.17, 15) is 13.2 Å². The summed E-state index contributed by atoms with van der Waals surface area (Å²) in [6.45, 7) is 5.31. The highest BCUT2D eigenvalue weighted by Crippen LogP contribution is 2.26. The topological polar surface area (TPSA) is 66.5 Å². The fraction of sp³-hybridized carbons (Fsp3) is 0.353. The summed E-state index contributed by atoms with van der Waals surface area (Å²) < 4.78 is 28.0. The first kappa shape index (κ1) is 17.0. The van der Waals surface area contributed by atoms with Crippen molar-refractivity contribution in [3.63, 3.8) is 0 Å². The SMILES string of the molecule is Cc1cccc(NS(=O)(=O)c2cc(C(=O)N3CCCC3)cs2)c1C. The zero-order chi connectivity index (χ0) is 17.3. The van der Waals surface area contributed by atoms with Crippen molar-refractivity contribution >= 4 is 33.0 Å². The zero-order valence-electron chi connectivity index (χ0n) is 13.7. The molecule has 0 aliphatic carbocycles. The Morgan fingerprint density at radius 3 is 2.62 bits per heavy atom. The summed E-state index contributed by atoms with van der Waals surface area (Å²) in [5.74, 6) is -0.0862. The van der Waals surface area contributed by atoms with Crippen LogP contribution in [-0.4, -0.2) is 32.3 Å². The monoisotopic (exact) mass is 364 g/mol. The van der Waals surface area contributed by atoms with Gasteiger partial charge in [-0.25, -0.2) is 8.42 Å². The van der Waals surface area contributed by atoms with Gasteiger partial charge in [0.15, 0.2) is 0 Å². The Hall–Kier alpha value is -1.86. The molecule has 24 heavy (non-hydrogen) atoms. The lowest BCUT2D eigenvalue weighted by Crippen LogP contribution is -2.27. The molecule has 3 rings (SSSR count). The lowest BCUT2D eigenvalue weighted by atomic mass is 10.1. The Morgan fingerprint density at radius 2 is 1.92 bits per heavy atom. The van der Waals surface area contributed by atoms with Gasteiger partial charge in [-0.2, -0.15) is 0 Å². The molecule has 0 saturated carbocycles. The number of sulfonamides is 1. The molecule has 2 heterocycles. The quantitative estimate of drug-likeness (QED) is 0.904. The molecular weight excluding hydrogens is 344 g/mol. The van der Waals surface area contributed by atoms with Crippen LogP contribution in [0.2, 0.25) is 0 Å². The summed E-state index contributed by atoms with van der Waals surface area (Å²) in [4.78, 5) is 14.1. The van der Waals surface area contributed by atoms with Gasteiger partial charge in [-0.1, -0.05) is 12.1 Å². The molecule has 1 N–H and O–H groups in total. The minimum atomic E-state index is -3.69. The maximum absolute atomic E-state index is 12.6. The van der Waals surface area contributed by atoms with Crippen molar-refractivity contribution in [3.05, 3.63) is 46.3 Å². The van der Waals surface area contributed by atoms with Gasteiger partial charge in [-0.3, -0.25) is 9.52 Å². The van der Waals surface area contributed by atoms with Crippen LogP contribution < -0.4 is 4.72 Å². The van der Waals surface area contributed by atoms with E-state index in [0.717, 1.165) is 48.4 Å². The second-order valence-electron chi connectivity index (χ2n) is 6.01. The number of hydrogen-bond acceptors (Lipinski definition) is 4. The number of thiophene rings is 1. The molecule has 1 saturated heterocycles. The molecule has 0 spiro atoms. The van der Waals surface area contributed by atoms with Gasteiger partial charge in [-0.05, 0) is 49.9 Å². The molecule has 0 radical (unpaired) electrons. The summed E-state index contributed by atoms with van der Waals surface area (Å²) in [6, 6.07) is 6.96. The third-order valence-corrected chi connectivity index (χ3v) is 7.13. The van der Waals surface area contributed by atoms with Crippen LogP contribution in [0.5, 0.6) is 0 Å². The lowest BCUT2D eigenvalue weighted by molar-refractivity contribution is 0.0793. The Labute approximate surface area is 146 Å². The average Bonchev–Trinajstić information content (AvgIpc) is 3.22. The highest BCUT2D eigenvalue weighted by Gasteiger charge is 2.24. The number of nitrogens with one attached hydrogen (secondary N) is 1. The van der Waals surface area contributed by atoms with Crippen LogP contribution in [0.3, 0.4) is 0 Å². The van der Waals surface area contributed by atoms with Gasteiger partial charge in [-0.15, -0.1) is 11.3 Å². The summed E-state index contributed by atoms with van der Waals surface area (Å²) >= 11 is 1.07. The Morgan fingerprint density at radius 1 is 1.21 bits per heavy atom. The van der Waals surface area contributed by atoms with E-state index < -0.39 is 10.0 Å². The van der Waals surface area contributed by atoms with Crippen molar-refractivity contribution in [1.82, 2.24) is 4.90 Å². The van der Waals surface area contributed by atoms with Gasteiger partial charge in [0, 0.05) is 18.5 Å². The third-order valence-electron chi connectivity index (χ3n) is 4.33. The average molecular weight is 364 g/mol. The first-order valence-corrected chi connectivity index (χ1v) is 10.2. The number of nitrogens with zero attached hydrogens (tertiary/aromatic N) is 1. The number of rotatable bonds is 4. The molecule has 7 heteroatoms. The number of carbonyl (C=O) groups is 1. The predicted molar refractivity (Wildman–Crippen MR) is 96.2 cm³/mol. The molecule has 1 aliphatic heterocycles. The largest absolute Gasteiger partial charge is 0.339 e. The van der Waals surface area contributed by atoms with E-state index >= 15 is 0 Å². The van der Waals surface area contributed by atoms with Crippen LogP contribution in [0.25, 0.3) is 0 Å². The molecule has 1 aromatic carbocycles. The first-order valence-electron chi connectivity index (χ1n) is 7.85. The van der Waals surface area contributed by atoms with Gasteiger partial charge in [0.1, 0.15) is 4.21 Å². The van der Waals surface area contributed by atoms with Gasteiger partial charge < -0.3 is 4.90 Å². The van der Waals surface area contributed by atoms with E-state index in [1.807, 2.05) is 26.0 Å². The number of hydrogen-bond donors (Lipinski definition) is 1. The molecule has 0 bridgehead atoms. The zero-order valence-corrected chi connectivity index (χ0v) is 15.3. The van der Waals surface area contributed by atoms with Gasteiger partial charge in [0.25, 0.3) is 15.9 Å². The molecule has 128 valence electrons.